The predicted octanol–water partition coefficient (Wildman–Crippen LogP) is 4.65. The standard InChI is InChI=1S/C16H17ClFN/c1-2-7-19-11-12-3-5-13(6-4-12)14-8-15(17)10-16(18)9-14/h3-6,8-10,19H,2,7,11H2,1H3. The molecule has 1 nitrogen and oxygen atoms in total. The molecule has 19 heavy (non-hydrogen) atoms. The largest absolute Gasteiger partial charge is 0.313 e. The third-order valence-electron chi connectivity index (χ3n) is 2.91. The number of hydrogen-bond donors (Lipinski definition) is 1. The molecule has 0 radical (unpaired) electrons. The monoisotopic (exact) mass is 277 g/mol. The highest BCUT2D eigenvalue weighted by molar-refractivity contribution is 6.30. The van der Waals surface area contributed by atoms with Crippen LogP contribution in [0.5, 0.6) is 0 Å². The van der Waals surface area contributed by atoms with E-state index in [1.807, 2.05) is 12.1 Å². The van der Waals surface area contributed by atoms with Crippen molar-refractivity contribution in [3.05, 3.63) is 58.9 Å². The van der Waals surface area contributed by atoms with E-state index >= 15 is 0 Å². The van der Waals surface area contributed by atoms with Gasteiger partial charge >= 0.3 is 0 Å². The van der Waals surface area contributed by atoms with Crippen LogP contribution >= 0.6 is 11.6 Å². The summed E-state index contributed by atoms with van der Waals surface area (Å²) in [4.78, 5) is 0. The SMILES string of the molecule is CCCNCc1ccc(-c2cc(F)cc(Cl)c2)cc1. The van der Waals surface area contributed by atoms with Crippen LogP contribution in [-0.2, 0) is 6.54 Å². The van der Waals surface area contributed by atoms with Crippen LogP contribution in [0.2, 0.25) is 5.02 Å². The Morgan fingerprint density at radius 3 is 2.42 bits per heavy atom. The fourth-order valence-electron chi connectivity index (χ4n) is 1.95. The first-order valence-electron chi connectivity index (χ1n) is 6.45. The highest BCUT2D eigenvalue weighted by atomic mass is 35.5. The van der Waals surface area contributed by atoms with E-state index in [2.05, 4.69) is 24.4 Å². The summed E-state index contributed by atoms with van der Waals surface area (Å²) in [6, 6.07) is 12.7. The van der Waals surface area contributed by atoms with Crippen LogP contribution in [0.3, 0.4) is 0 Å². The third-order valence-corrected chi connectivity index (χ3v) is 3.12. The Morgan fingerprint density at radius 2 is 1.79 bits per heavy atom. The van der Waals surface area contributed by atoms with Crippen LogP contribution in [0, 0.1) is 5.82 Å². The molecule has 1 N–H and O–H groups in total. The fraction of sp³-hybridized carbons (Fsp3) is 0.250. The van der Waals surface area contributed by atoms with Gasteiger partial charge < -0.3 is 5.32 Å². The number of rotatable bonds is 5. The molecule has 0 aliphatic heterocycles. The van der Waals surface area contributed by atoms with E-state index in [1.165, 1.54) is 17.7 Å². The van der Waals surface area contributed by atoms with Crippen molar-refractivity contribution in [2.24, 2.45) is 0 Å². The number of nitrogens with one attached hydrogen (secondary N) is 1. The Labute approximate surface area is 118 Å². The first-order chi connectivity index (χ1) is 9.19. The van der Waals surface area contributed by atoms with Gasteiger partial charge in [0.2, 0.25) is 0 Å². The van der Waals surface area contributed by atoms with Gasteiger partial charge in [-0.15, -0.1) is 0 Å². The second-order valence-electron chi connectivity index (χ2n) is 4.53. The molecule has 0 fully saturated rings. The zero-order valence-electron chi connectivity index (χ0n) is 10.9. The number of halogens is 2. The lowest BCUT2D eigenvalue weighted by molar-refractivity contribution is 0.628. The van der Waals surface area contributed by atoms with E-state index in [4.69, 9.17) is 11.6 Å². The molecule has 0 aromatic heterocycles. The lowest BCUT2D eigenvalue weighted by Gasteiger charge is -2.06. The predicted molar refractivity (Wildman–Crippen MR) is 78.8 cm³/mol. The summed E-state index contributed by atoms with van der Waals surface area (Å²) in [5.41, 5.74) is 3.00. The minimum absolute atomic E-state index is 0.309. The van der Waals surface area contributed by atoms with Gasteiger partial charge in [0.05, 0.1) is 0 Å². The van der Waals surface area contributed by atoms with Crippen LogP contribution < -0.4 is 5.32 Å². The molecule has 2 aromatic carbocycles. The zero-order chi connectivity index (χ0) is 13.7. The first-order valence-corrected chi connectivity index (χ1v) is 6.83. The quantitative estimate of drug-likeness (QED) is 0.785. The Kier molecular flexibility index (Phi) is 4.94. The average Bonchev–Trinajstić information content (AvgIpc) is 2.39. The minimum atomic E-state index is -0.309. The van der Waals surface area contributed by atoms with Crippen molar-refractivity contribution >= 4 is 11.6 Å². The maximum Gasteiger partial charge on any atom is 0.125 e. The van der Waals surface area contributed by atoms with Crippen LogP contribution in [0.1, 0.15) is 18.9 Å². The van der Waals surface area contributed by atoms with E-state index in [0.717, 1.165) is 30.6 Å². The molecule has 100 valence electrons. The maximum absolute atomic E-state index is 13.3. The molecule has 0 spiro atoms. The highest BCUT2D eigenvalue weighted by Crippen LogP contribution is 2.24. The summed E-state index contributed by atoms with van der Waals surface area (Å²) in [6.45, 7) is 4.02. The van der Waals surface area contributed by atoms with Crippen molar-refractivity contribution in [1.29, 1.82) is 0 Å². The Balaban J connectivity index is 2.13. The van der Waals surface area contributed by atoms with E-state index < -0.39 is 0 Å². The summed E-state index contributed by atoms with van der Waals surface area (Å²) in [5, 5.41) is 3.77. The van der Waals surface area contributed by atoms with Crippen molar-refractivity contribution in [2.45, 2.75) is 19.9 Å². The minimum Gasteiger partial charge on any atom is -0.313 e. The normalized spacial score (nSPS) is 10.7. The van der Waals surface area contributed by atoms with E-state index in [9.17, 15) is 4.39 Å². The molecule has 3 heteroatoms. The fourth-order valence-corrected chi connectivity index (χ4v) is 2.17. The summed E-state index contributed by atoms with van der Waals surface area (Å²) < 4.78 is 13.3. The molecule has 0 amide bonds. The third kappa shape index (κ3) is 4.05. The molecular weight excluding hydrogens is 261 g/mol. The number of benzene rings is 2. The van der Waals surface area contributed by atoms with Gasteiger partial charge in [0.15, 0.2) is 0 Å². The second-order valence-corrected chi connectivity index (χ2v) is 4.97. The average molecular weight is 278 g/mol. The first kappa shape index (κ1) is 14.0. The van der Waals surface area contributed by atoms with Gasteiger partial charge in [-0.25, -0.2) is 4.39 Å². The summed E-state index contributed by atoms with van der Waals surface area (Å²) in [6.07, 6.45) is 1.12. The lowest BCUT2D eigenvalue weighted by atomic mass is 10.0. The molecule has 0 saturated carbocycles. The van der Waals surface area contributed by atoms with E-state index in [1.54, 1.807) is 6.07 Å². The van der Waals surface area contributed by atoms with Crippen molar-refractivity contribution in [3.8, 4) is 11.1 Å². The molecule has 2 rings (SSSR count). The second kappa shape index (κ2) is 6.69. The highest BCUT2D eigenvalue weighted by Gasteiger charge is 2.02. The lowest BCUT2D eigenvalue weighted by Crippen LogP contribution is -2.13. The van der Waals surface area contributed by atoms with Gasteiger partial charge in [-0.3, -0.25) is 0 Å². The molecular formula is C16H17ClFN. The molecule has 0 saturated heterocycles. The van der Waals surface area contributed by atoms with Gasteiger partial charge in [-0.05, 0) is 47.9 Å². The van der Waals surface area contributed by atoms with Crippen molar-refractivity contribution in [2.75, 3.05) is 6.54 Å². The smallest absolute Gasteiger partial charge is 0.125 e. The van der Waals surface area contributed by atoms with Crippen LogP contribution in [-0.4, -0.2) is 6.54 Å². The maximum atomic E-state index is 13.3. The van der Waals surface area contributed by atoms with E-state index in [-0.39, 0.29) is 5.82 Å². The van der Waals surface area contributed by atoms with Crippen LogP contribution in [0.4, 0.5) is 4.39 Å². The Morgan fingerprint density at radius 1 is 1.05 bits per heavy atom. The zero-order valence-corrected chi connectivity index (χ0v) is 11.7. The van der Waals surface area contributed by atoms with Crippen molar-refractivity contribution in [3.63, 3.8) is 0 Å². The molecule has 0 atom stereocenters. The molecule has 2 aromatic rings. The molecule has 0 aliphatic rings. The molecule has 0 aliphatic carbocycles. The number of hydrogen-bond acceptors (Lipinski definition) is 1. The van der Waals surface area contributed by atoms with Gasteiger partial charge in [0.25, 0.3) is 0 Å². The Hall–Kier alpha value is -1.38. The van der Waals surface area contributed by atoms with Gasteiger partial charge in [0.1, 0.15) is 5.82 Å². The summed E-state index contributed by atoms with van der Waals surface area (Å²) >= 11 is 5.87. The van der Waals surface area contributed by atoms with E-state index in [0.29, 0.717) is 5.02 Å². The molecule has 0 heterocycles. The van der Waals surface area contributed by atoms with Gasteiger partial charge in [-0.2, -0.15) is 0 Å². The molecule has 0 bridgehead atoms. The van der Waals surface area contributed by atoms with Crippen molar-refractivity contribution < 1.29 is 4.39 Å². The topological polar surface area (TPSA) is 12.0 Å². The van der Waals surface area contributed by atoms with Crippen LogP contribution in [0.25, 0.3) is 11.1 Å². The van der Waals surface area contributed by atoms with Crippen molar-refractivity contribution in [1.82, 2.24) is 5.32 Å². The van der Waals surface area contributed by atoms with Gasteiger partial charge in [0, 0.05) is 11.6 Å². The molecule has 0 unspecified atom stereocenters. The summed E-state index contributed by atoms with van der Waals surface area (Å²) in [7, 11) is 0. The summed E-state index contributed by atoms with van der Waals surface area (Å²) in [5.74, 6) is -0.309. The van der Waals surface area contributed by atoms with Crippen LogP contribution in [0.15, 0.2) is 42.5 Å². The van der Waals surface area contributed by atoms with Gasteiger partial charge in [-0.1, -0.05) is 42.8 Å². The Bertz CT molecular complexity index is 517.